The molecule has 0 fully saturated rings. The zero-order chi connectivity index (χ0) is 19.0. The first-order chi connectivity index (χ1) is 11.5. The lowest BCUT2D eigenvalue weighted by Crippen LogP contribution is -2.59. The molecule has 0 aliphatic heterocycles. The number of allylic oxidation sites excluding steroid dienone is 1. The normalized spacial score (nSPS) is 25.4. The van der Waals surface area contributed by atoms with Crippen LogP contribution in [0.15, 0.2) is 58.2 Å². The molecule has 0 radical (unpaired) electrons. The van der Waals surface area contributed by atoms with Crippen LogP contribution in [0.5, 0.6) is 0 Å². The van der Waals surface area contributed by atoms with Crippen molar-refractivity contribution in [3.8, 4) is 0 Å². The second-order valence-corrected chi connectivity index (χ2v) is 7.87. The Balaban J connectivity index is 2.46. The Kier molecular flexibility index (Phi) is 5.08. The average Bonchev–Trinajstić information content (AvgIpc) is 2.52. The predicted octanol–water partition coefficient (Wildman–Crippen LogP) is 1.58. The van der Waals surface area contributed by atoms with E-state index in [-0.39, 0.29) is 21.8 Å². The minimum absolute atomic E-state index is 0.00578. The van der Waals surface area contributed by atoms with Gasteiger partial charge in [0.1, 0.15) is 17.3 Å². The minimum Gasteiger partial charge on any atom is -0.508 e. The van der Waals surface area contributed by atoms with Crippen LogP contribution >= 0.6 is 0 Å². The average molecular weight is 367 g/mol. The highest BCUT2D eigenvalue weighted by molar-refractivity contribution is 7.89. The zero-order valence-corrected chi connectivity index (χ0v) is 14.9. The van der Waals surface area contributed by atoms with Gasteiger partial charge in [0.05, 0.1) is 10.9 Å². The van der Waals surface area contributed by atoms with E-state index in [1.54, 1.807) is 18.2 Å². The number of benzene rings is 1. The van der Waals surface area contributed by atoms with E-state index in [4.69, 9.17) is 0 Å². The third-order valence-electron chi connectivity index (χ3n) is 4.54. The Morgan fingerprint density at radius 2 is 1.80 bits per heavy atom. The lowest BCUT2D eigenvalue weighted by Gasteiger charge is -2.42. The van der Waals surface area contributed by atoms with Crippen LogP contribution in [0.25, 0.3) is 0 Å². The van der Waals surface area contributed by atoms with E-state index < -0.39 is 33.6 Å². The molecular formula is C17H21NO6S. The highest BCUT2D eigenvalue weighted by Crippen LogP contribution is 2.40. The number of aliphatic hydroxyl groups excluding tert-OH is 1. The van der Waals surface area contributed by atoms with Gasteiger partial charge in [-0.2, -0.15) is 0 Å². The van der Waals surface area contributed by atoms with Gasteiger partial charge >= 0.3 is 5.97 Å². The van der Waals surface area contributed by atoms with Gasteiger partial charge in [0.15, 0.2) is 0 Å². The minimum atomic E-state index is -3.98. The van der Waals surface area contributed by atoms with Crippen molar-refractivity contribution in [2.45, 2.75) is 37.3 Å². The van der Waals surface area contributed by atoms with E-state index in [1.165, 1.54) is 39.0 Å². The molecule has 4 N–H and O–H groups in total. The molecule has 8 heteroatoms. The third kappa shape index (κ3) is 3.33. The second kappa shape index (κ2) is 6.62. The Bertz CT molecular complexity index is 843. The third-order valence-corrected chi connectivity index (χ3v) is 6.09. The summed E-state index contributed by atoms with van der Waals surface area (Å²) in [6.07, 6.45) is 1.26. The zero-order valence-electron chi connectivity index (χ0n) is 14.1. The van der Waals surface area contributed by atoms with Crippen LogP contribution in [-0.4, -0.2) is 41.3 Å². The molecule has 3 unspecified atom stereocenters. The van der Waals surface area contributed by atoms with Crippen LogP contribution in [0.1, 0.15) is 20.8 Å². The lowest BCUT2D eigenvalue weighted by molar-refractivity contribution is -0.148. The molecule has 1 aromatic rings. The van der Waals surface area contributed by atoms with Crippen molar-refractivity contribution in [3.63, 3.8) is 0 Å². The second-order valence-electron chi connectivity index (χ2n) is 6.15. The molecule has 0 bridgehead atoms. The van der Waals surface area contributed by atoms with Gasteiger partial charge in [-0.15, -0.1) is 0 Å². The number of hydrogen-bond acceptors (Lipinski definition) is 5. The first-order valence-corrected chi connectivity index (χ1v) is 9.11. The van der Waals surface area contributed by atoms with E-state index >= 15 is 0 Å². The summed E-state index contributed by atoms with van der Waals surface area (Å²) in [4.78, 5) is 11.7. The summed E-state index contributed by atoms with van der Waals surface area (Å²) in [5, 5.41) is 30.7. The molecule has 1 aliphatic carbocycles. The maximum absolute atomic E-state index is 12.5. The molecule has 3 atom stereocenters. The molecule has 0 saturated heterocycles. The molecule has 0 aromatic heterocycles. The van der Waals surface area contributed by atoms with E-state index in [9.17, 15) is 28.5 Å². The number of sulfonamides is 1. The standard InChI is InChI=1S/C17H21NO6S/c1-10-9-14(19)11(2)17(22,15(10)16(20)21)12(3)18-25(23,24)13-7-5-4-6-8-13/h4-9,12,15,18-19,22H,1-3H3,(H,20,21). The van der Waals surface area contributed by atoms with Gasteiger partial charge in [-0.05, 0) is 39.0 Å². The number of aliphatic carboxylic acids is 1. The smallest absolute Gasteiger partial charge is 0.314 e. The maximum Gasteiger partial charge on any atom is 0.314 e. The van der Waals surface area contributed by atoms with Crippen LogP contribution in [0, 0.1) is 5.92 Å². The summed E-state index contributed by atoms with van der Waals surface area (Å²) in [5.41, 5.74) is -1.89. The highest BCUT2D eigenvalue weighted by atomic mass is 32.2. The quantitative estimate of drug-likeness (QED) is 0.626. The SMILES string of the molecule is CC1=CC(O)=C(C)C(O)(C(C)NS(=O)(=O)c2ccccc2)C1C(=O)O. The number of hydrogen-bond donors (Lipinski definition) is 4. The molecule has 2 rings (SSSR count). The van der Waals surface area contributed by atoms with Crippen LogP contribution in [0.4, 0.5) is 0 Å². The summed E-state index contributed by atoms with van der Waals surface area (Å²) >= 11 is 0. The predicted molar refractivity (Wildman–Crippen MR) is 91.4 cm³/mol. The van der Waals surface area contributed by atoms with Crippen LogP contribution in [0.3, 0.4) is 0 Å². The van der Waals surface area contributed by atoms with E-state index in [0.717, 1.165) is 0 Å². The van der Waals surface area contributed by atoms with Gasteiger partial charge in [-0.3, -0.25) is 4.79 Å². The fourth-order valence-electron chi connectivity index (χ4n) is 3.12. The number of nitrogens with one attached hydrogen (secondary N) is 1. The van der Waals surface area contributed by atoms with E-state index in [2.05, 4.69) is 4.72 Å². The lowest BCUT2D eigenvalue weighted by atomic mass is 9.70. The largest absolute Gasteiger partial charge is 0.508 e. The van der Waals surface area contributed by atoms with Crippen molar-refractivity contribution in [2.75, 3.05) is 0 Å². The highest BCUT2D eigenvalue weighted by Gasteiger charge is 2.52. The first kappa shape index (κ1) is 19.2. The van der Waals surface area contributed by atoms with Crippen molar-refractivity contribution in [2.24, 2.45) is 5.92 Å². The molecular weight excluding hydrogens is 346 g/mol. The van der Waals surface area contributed by atoms with Crippen molar-refractivity contribution < 1.29 is 28.5 Å². The van der Waals surface area contributed by atoms with Gasteiger partial charge in [0, 0.05) is 5.57 Å². The van der Waals surface area contributed by atoms with Gasteiger partial charge in [-0.25, -0.2) is 13.1 Å². The molecule has 136 valence electrons. The summed E-state index contributed by atoms with van der Waals surface area (Å²) in [6.45, 7) is 4.21. The Morgan fingerprint density at radius 3 is 2.32 bits per heavy atom. The van der Waals surface area contributed by atoms with Gasteiger partial charge in [-0.1, -0.05) is 23.8 Å². The molecule has 1 aromatic carbocycles. The monoisotopic (exact) mass is 367 g/mol. The van der Waals surface area contributed by atoms with E-state index in [0.29, 0.717) is 0 Å². The van der Waals surface area contributed by atoms with E-state index in [1.807, 2.05) is 0 Å². The Labute approximate surface area is 146 Å². The number of carboxylic acid groups (broad SMARTS) is 1. The number of aliphatic hydroxyl groups is 2. The summed E-state index contributed by atoms with van der Waals surface area (Å²) < 4.78 is 27.3. The summed E-state index contributed by atoms with van der Waals surface area (Å²) in [7, 11) is -3.98. The van der Waals surface area contributed by atoms with Crippen molar-refractivity contribution in [1.82, 2.24) is 4.72 Å². The fourth-order valence-corrected chi connectivity index (χ4v) is 4.42. The summed E-state index contributed by atoms with van der Waals surface area (Å²) in [6, 6.07) is 6.35. The number of rotatable bonds is 5. The van der Waals surface area contributed by atoms with Gasteiger partial charge < -0.3 is 15.3 Å². The Morgan fingerprint density at radius 1 is 1.24 bits per heavy atom. The first-order valence-electron chi connectivity index (χ1n) is 7.63. The molecule has 0 amide bonds. The molecule has 7 nitrogen and oxygen atoms in total. The molecule has 1 aliphatic rings. The maximum atomic E-state index is 12.5. The molecule has 0 heterocycles. The fraction of sp³-hybridized carbons (Fsp3) is 0.353. The van der Waals surface area contributed by atoms with Crippen LogP contribution in [0.2, 0.25) is 0 Å². The number of carboxylic acids is 1. The Hall–Kier alpha value is -2.16. The molecule has 0 spiro atoms. The molecule has 0 saturated carbocycles. The number of carbonyl (C=O) groups is 1. The molecule has 25 heavy (non-hydrogen) atoms. The van der Waals surface area contributed by atoms with Crippen LogP contribution in [-0.2, 0) is 14.8 Å². The van der Waals surface area contributed by atoms with Gasteiger partial charge in [0.2, 0.25) is 10.0 Å². The van der Waals surface area contributed by atoms with Crippen LogP contribution < -0.4 is 4.72 Å². The topological polar surface area (TPSA) is 124 Å². The summed E-state index contributed by atoms with van der Waals surface area (Å²) in [5.74, 6) is -2.98. The van der Waals surface area contributed by atoms with Gasteiger partial charge in [0.25, 0.3) is 0 Å². The van der Waals surface area contributed by atoms with Crippen molar-refractivity contribution in [3.05, 3.63) is 53.3 Å². The van der Waals surface area contributed by atoms with Crippen molar-refractivity contribution >= 4 is 16.0 Å². The van der Waals surface area contributed by atoms with Crippen molar-refractivity contribution in [1.29, 1.82) is 0 Å².